The quantitative estimate of drug-likeness (QED) is 0.760. The Morgan fingerprint density at radius 1 is 1.00 bits per heavy atom. The molecule has 0 atom stereocenters. The molecule has 25 heavy (non-hydrogen) atoms. The molecule has 2 aromatic carbocycles. The molecule has 3 aromatic rings. The molecule has 4 rings (SSSR count). The van der Waals surface area contributed by atoms with Gasteiger partial charge in [0.25, 0.3) is 0 Å². The summed E-state index contributed by atoms with van der Waals surface area (Å²) in [7, 11) is -3.49. The maximum absolute atomic E-state index is 13.2. The normalized spacial score (nSPS) is 15.5. The predicted octanol–water partition coefficient (Wildman–Crippen LogP) is 3.84. The molecule has 0 saturated carbocycles. The molecule has 0 fully saturated rings. The first-order valence-corrected chi connectivity index (χ1v) is 9.98. The van der Waals surface area contributed by atoms with E-state index in [9.17, 15) is 8.42 Å². The molecule has 1 aliphatic heterocycles. The van der Waals surface area contributed by atoms with Crippen molar-refractivity contribution in [2.45, 2.75) is 38.6 Å². The molecule has 130 valence electrons. The van der Waals surface area contributed by atoms with Crippen molar-refractivity contribution in [2.75, 3.05) is 6.54 Å². The molecule has 0 unspecified atom stereocenters. The second-order valence-electron chi connectivity index (χ2n) is 6.99. The Kier molecular flexibility index (Phi) is 3.74. The molecule has 1 aromatic heterocycles. The maximum atomic E-state index is 13.2. The Hall–Kier alpha value is -2.11. The van der Waals surface area contributed by atoms with Crippen LogP contribution < -0.4 is 0 Å². The van der Waals surface area contributed by atoms with Gasteiger partial charge in [0, 0.05) is 36.1 Å². The minimum Gasteiger partial charge on any atom is -0.358 e. The van der Waals surface area contributed by atoms with Crippen LogP contribution in [0.2, 0.25) is 0 Å². The van der Waals surface area contributed by atoms with E-state index in [0.29, 0.717) is 24.4 Å². The van der Waals surface area contributed by atoms with Gasteiger partial charge in [-0.05, 0) is 49.6 Å². The van der Waals surface area contributed by atoms with Crippen LogP contribution in [-0.2, 0) is 23.0 Å². The average Bonchev–Trinajstić information content (AvgIpc) is 2.90. The maximum Gasteiger partial charge on any atom is 0.243 e. The first-order chi connectivity index (χ1) is 11.9. The Morgan fingerprint density at radius 3 is 2.48 bits per heavy atom. The van der Waals surface area contributed by atoms with E-state index in [-0.39, 0.29) is 0 Å². The Morgan fingerprint density at radius 2 is 1.72 bits per heavy atom. The lowest BCUT2D eigenvalue weighted by atomic mass is 10.1. The van der Waals surface area contributed by atoms with Crippen molar-refractivity contribution in [3.63, 3.8) is 0 Å². The van der Waals surface area contributed by atoms with E-state index in [1.807, 2.05) is 26.0 Å². The standard InChI is InChI=1S/C20H22N2O2S/c1-13-5-7-20(15(3)10-13)25(23,24)22-9-8-18-17(12-22)16-6-4-14(2)11-19(16)21-18/h4-7,10-11,21H,8-9,12H2,1-3H3. The van der Waals surface area contributed by atoms with E-state index in [4.69, 9.17) is 0 Å². The highest BCUT2D eigenvalue weighted by atomic mass is 32.2. The van der Waals surface area contributed by atoms with Gasteiger partial charge < -0.3 is 4.98 Å². The SMILES string of the molecule is Cc1ccc(S(=O)(=O)N2CCc3[nH]c4cc(C)ccc4c3C2)c(C)c1. The third kappa shape index (κ3) is 2.68. The van der Waals surface area contributed by atoms with Crippen LogP contribution >= 0.6 is 0 Å². The van der Waals surface area contributed by atoms with Crippen molar-refractivity contribution in [1.82, 2.24) is 9.29 Å². The number of H-pyrrole nitrogens is 1. The Balaban J connectivity index is 1.75. The van der Waals surface area contributed by atoms with Gasteiger partial charge in [-0.25, -0.2) is 8.42 Å². The molecule has 5 heteroatoms. The molecule has 0 amide bonds. The number of aryl methyl sites for hydroxylation is 3. The molecule has 1 N–H and O–H groups in total. The highest BCUT2D eigenvalue weighted by molar-refractivity contribution is 7.89. The lowest BCUT2D eigenvalue weighted by Gasteiger charge is -2.27. The molecular formula is C20H22N2O2S. The van der Waals surface area contributed by atoms with Crippen molar-refractivity contribution in [1.29, 1.82) is 0 Å². The highest BCUT2D eigenvalue weighted by Crippen LogP contribution is 2.31. The molecule has 0 radical (unpaired) electrons. The van der Waals surface area contributed by atoms with Gasteiger partial charge in [0.1, 0.15) is 0 Å². The van der Waals surface area contributed by atoms with Crippen molar-refractivity contribution in [3.05, 3.63) is 64.3 Å². The summed E-state index contributed by atoms with van der Waals surface area (Å²) >= 11 is 0. The summed E-state index contributed by atoms with van der Waals surface area (Å²) < 4.78 is 27.9. The molecule has 0 bridgehead atoms. The van der Waals surface area contributed by atoms with Crippen molar-refractivity contribution >= 4 is 20.9 Å². The monoisotopic (exact) mass is 354 g/mol. The lowest BCUT2D eigenvalue weighted by Crippen LogP contribution is -2.36. The first kappa shape index (κ1) is 16.4. The van der Waals surface area contributed by atoms with Gasteiger partial charge in [-0.15, -0.1) is 0 Å². The fraction of sp³-hybridized carbons (Fsp3) is 0.300. The van der Waals surface area contributed by atoms with E-state index in [0.717, 1.165) is 33.3 Å². The average molecular weight is 354 g/mol. The number of rotatable bonds is 2. The second kappa shape index (κ2) is 5.71. The third-order valence-electron chi connectivity index (χ3n) is 5.04. The van der Waals surface area contributed by atoms with Crippen LogP contribution in [0.15, 0.2) is 41.3 Å². The number of sulfonamides is 1. The summed E-state index contributed by atoms with van der Waals surface area (Å²) in [6, 6.07) is 11.8. The molecule has 0 aliphatic carbocycles. The topological polar surface area (TPSA) is 53.2 Å². The molecule has 0 spiro atoms. The van der Waals surface area contributed by atoms with Crippen LogP contribution in [0.5, 0.6) is 0 Å². The number of fused-ring (bicyclic) bond motifs is 3. The summed E-state index contributed by atoms with van der Waals surface area (Å²) in [5.41, 5.74) is 6.44. The van der Waals surface area contributed by atoms with Gasteiger partial charge in [0.05, 0.1) is 4.90 Å². The molecule has 2 heterocycles. The summed E-state index contributed by atoms with van der Waals surface area (Å²) in [6.07, 6.45) is 0.715. The van der Waals surface area contributed by atoms with Gasteiger partial charge in [0.2, 0.25) is 10.0 Å². The Labute approximate surface area is 148 Å². The number of nitrogens with zero attached hydrogens (tertiary/aromatic N) is 1. The number of hydrogen-bond donors (Lipinski definition) is 1. The fourth-order valence-corrected chi connectivity index (χ4v) is 5.36. The van der Waals surface area contributed by atoms with E-state index < -0.39 is 10.0 Å². The minimum absolute atomic E-state index is 0.414. The molecule has 1 aliphatic rings. The molecule has 0 saturated heterocycles. The zero-order chi connectivity index (χ0) is 17.8. The summed E-state index contributed by atoms with van der Waals surface area (Å²) in [4.78, 5) is 3.88. The van der Waals surface area contributed by atoms with Gasteiger partial charge in [0.15, 0.2) is 0 Å². The van der Waals surface area contributed by atoms with E-state index >= 15 is 0 Å². The van der Waals surface area contributed by atoms with Crippen LogP contribution in [0.25, 0.3) is 10.9 Å². The van der Waals surface area contributed by atoms with E-state index in [1.54, 1.807) is 10.4 Å². The van der Waals surface area contributed by atoms with Crippen LogP contribution in [0.1, 0.15) is 27.9 Å². The van der Waals surface area contributed by atoms with Gasteiger partial charge in [-0.1, -0.05) is 29.8 Å². The van der Waals surface area contributed by atoms with Crippen molar-refractivity contribution < 1.29 is 8.42 Å². The third-order valence-corrected chi connectivity index (χ3v) is 7.05. The van der Waals surface area contributed by atoms with Crippen LogP contribution in [0.3, 0.4) is 0 Å². The second-order valence-corrected chi connectivity index (χ2v) is 8.90. The molecular weight excluding hydrogens is 332 g/mol. The fourth-order valence-electron chi connectivity index (χ4n) is 3.74. The van der Waals surface area contributed by atoms with Crippen molar-refractivity contribution in [3.8, 4) is 0 Å². The molecule has 4 nitrogen and oxygen atoms in total. The summed E-state index contributed by atoms with van der Waals surface area (Å²) in [5, 5.41) is 1.13. The van der Waals surface area contributed by atoms with Crippen LogP contribution in [-0.4, -0.2) is 24.3 Å². The minimum atomic E-state index is -3.49. The number of aromatic nitrogens is 1. The first-order valence-electron chi connectivity index (χ1n) is 8.54. The zero-order valence-corrected chi connectivity index (χ0v) is 15.6. The Bertz CT molecular complexity index is 1080. The summed E-state index contributed by atoms with van der Waals surface area (Å²) in [5.74, 6) is 0. The largest absolute Gasteiger partial charge is 0.358 e. The lowest BCUT2D eigenvalue weighted by molar-refractivity contribution is 0.391. The van der Waals surface area contributed by atoms with Crippen LogP contribution in [0, 0.1) is 20.8 Å². The van der Waals surface area contributed by atoms with Crippen molar-refractivity contribution in [2.24, 2.45) is 0 Å². The smallest absolute Gasteiger partial charge is 0.243 e. The van der Waals surface area contributed by atoms with E-state index in [1.165, 1.54) is 5.56 Å². The number of nitrogens with one attached hydrogen (secondary N) is 1. The van der Waals surface area contributed by atoms with Gasteiger partial charge in [-0.3, -0.25) is 0 Å². The highest BCUT2D eigenvalue weighted by Gasteiger charge is 2.31. The van der Waals surface area contributed by atoms with Crippen LogP contribution in [0.4, 0.5) is 0 Å². The predicted molar refractivity (Wildman–Crippen MR) is 100 cm³/mol. The zero-order valence-electron chi connectivity index (χ0n) is 14.8. The number of benzene rings is 2. The summed E-state index contributed by atoms with van der Waals surface area (Å²) in [6.45, 7) is 6.84. The van der Waals surface area contributed by atoms with E-state index in [2.05, 4.69) is 30.1 Å². The van der Waals surface area contributed by atoms with Gasteiger partial charge >= 0.3 is 0 Å². The number of aromatic amines is 1. The van der Waals surface area contributed by atoms with Gasteiger partial charge in [-0.2, -0.15) is 4.31 Å². The number of hydrogen-bond acceptors (Lipinski definition) is 2.